The van der Waals surface area contributed by atoms with E-state index in [4.69, 9.17) is 4.74 Å². The Morgan fingerprint density at radius 1 is 0.810 bits per heavy atom. The smallest absolute Gasteiger partial charge is 0.486 e. The van der Waals surface area contributed by atoms with Crippen LogP contribution in [0.1, 0.15) is 19.4 Å². The first-order valence-corrected chi connectivity index (χ1v) is 6.50. The van der Waals surface area contributed by atoms with E-state index in [-0.39, 0.29) is 28.9 Å². The molecule has 3 rings (SSSR count). The molecule has 0 bridgehead atoms. The van der Waals surface area contributed by atoms with Crippen LogP contribution in [0.4, 0.5) is 0 Å². The summed E-state index contributed by atoms with van der Waals surface area (Å²) in [5, 5.41) is 0. The summed E-state index contributed by atoms with van der Waals surface area (Å²) in [6.45, 7) is 3.65. The monoisotopic (exact) mass is 324 g/mol. The Labute approximate surface area is 137 Å². The van der Waals surface area contributed by atoms with Crippen molar-refractivity contribution in [2.24, 2.45) is 0 Å². The van der Waals surface area contributed by atoms with Gasteiger partial charge in [-0.2, -0.15) is 0 Å². The van der Waals surface area contributed by atoms with E-state index in [9.17, 15) is 9.59 Å². The Morgan fingerprint density at radius 2 is 1.29 bits per heavy atom. The molecule has 0 unspecified atom stereocenters. The maximum absolute atomic E-state index is 11.4. The molecule has 21 heavy (non-hydrogen) atoms. The van der Waals surface area contributed by atoms with Crippen LogP contribution in [-0.4, -0.2) is 6.10 Å². The fourth-order valence-electron chi connectivity index (χ4n) is 1.84. The maximum Gasteiger partial charge on any atom is 2.00 e. The molecule has 1 aromatic rings. The zero-order valence-electron chi connectivity index (χ0n) is 11.9. The maximum atomic E-state index is 11.4. The summed E-state index contributed by atoms with van der Waals surface area (Å²) in [5.74, 6) is 0.969. The van der Waals surface area contributed by atoms with Crippen molar-refractivity contribution in [3.05, 3.63) is 89.7 Å². The molecule has 2 aliphatic carbocycles. The van der Waals surface area contributed by atoms with Crippen molar-refractivity contribution in [1.82, 2.24) is 0 Å². The molecule has 2 fully saturated rings. The third-order valence-corrected chi connectivity index (χ3v) is 2.73. The van der Waals surface area contributed by atoms with Crippen molar-refractivity contribution in [2.75, 3.05) is 0 Å². The fraction of sp³-hybridized carbons (Fsp3) is 0.176. The van der Waals surface area contributed by atoms with Crippen molar-refractivity contribution in [3.63, 3.8) is 0 Å². The molecule has 0 aliphatic heterocycles. The van der Waals surface area contributed by atoms with Gasteiger partial charge in [0.05, 0.1) is 11.7 Å². The Morgan fingerprint density at radius 3 is 1.71 bits per heavy atom. The number of hydrogen-bond donors (Lipinski definition) is 0. The normalized spacial score (nSPS) is 18.4. The van der Waals surface area contributed by atoms with Crippen LogP contribution >= 0.6 is 0 Å². The van der Waals surface area contributed by atoms with E-state index in [1.54, 1.807) is 12.8 Å². The quantitative estimate of drug-likeness (QED) is 0.629. The van der Waals surface area contributed by atoms with E-state index in [1.807, 2.05) is 58.8 Å². The minimum absolute atomic E-state index is 0. The first-order chi connectivity index (χ1) is 9.61. The molecule has 10 radical (unpaired) electrons. The summed E-state index contributed by atoms with van der Waals surface area (Å²) in [6, 6.07) is 0. The standard InChI is InChI=1S/C12H11O3.C5H5.Fe/c1-7(2)15-12-9(10(13)11(12)14)8-5-3-4-6-8;1-2-4-5-3-1;/h3-7H,1-2H3;1-5H;/q;;+2. The van der Waals surface area contributed by atoms with Gasteiger partial charge in [-0.15, -0.1) is 0 Å². The van der Waals surface area contributed by atoms with Gasteiger partial charge >= 0.3 is 17.1 Å². The Hall–Kier alpha value is -0.601. The topological polar surface area (TPSA) is 43.4 Å². The number of ether oxygens (including phenoxy) is 1. The van der Waals surface area contributed by atoms with E-state index in [0.717, 1.165) is 5.92 Å². The van der Waals surface area contributed by atoms with Gasteiger partial charge in [0.1, 0.15) is 0 Å². The molecule has 2 aliphatic rings. The second-order valence-electron chi connectivity index (χ2n) is 4.66. The zero-order valence-corrected chi connectivity index (χ0v) is 13.0. The molecule has 0 saturated heterocycles. The first kappa shape index (κ1) is 18.4. The van der Waals surface area contributed by atoms with Gasteiger partial charge in [-0.25, -0.2) is 0 Å². The third kappa shape index (κ3) is 4.69. The minimum Gasteiger partial charge on any atom is -0.486 e. The summed E-state index contributed by atoms with van der Waals surface area (Å²) in [4.78, 5) is 22.6. The van der Waals surface area contributed by atoms with Gasteiger partial charge in [0.25, 0.3) is 5.43 Å². The molecule has 3 nitrogen and oxygen atoms in total. The predicted octanol–water partition coefficient (Wildman–Crippen LogP) is 1.84. The number of rotatable bonds is 3. The van der Waals surface area contributed by atoms with Crippen LogP contribution in [0.25, 0.3) is 0 Å². The zero-order chi connectivity index (χ0) is 14.5. The summed E-state index contributed by atoms with van der Waals surface area (Å²) in [7, 11) is 0. The molecular formula is C17H16FeO3+2. The van der Waals surface area contributed by atoms with Crippen molar-refractivity contribution >= 4 is 0 Å². The van der Waals surface area contributed by atoms with Gasteiger partial charge in [0, 0.05) is 5.92 Å². The van der Waals surface area contributed by atoms with Crippen LogP contribution in [0.2, 0.25) is 0 Å². The van der Waals surface area contributed by atoms with Crippen LogP contribution < -0.4 is 15.6 Å². The van der Waals surface area contributed by atoms with Crippen molar-refractivity contribution < 1.29 is 21.8 Å². The van der Waals surface area contributed by atoms with Gasteiger partial charge in [-0.05, 0) is 71.6 Å². The predicted molar refractivity (Wildman–Crippen MR) is 78.2 cm³/mol. The summed E-state index contributed by atoms with van der Waals surface area (Å²) in [6.07, 6.45) is 17.1. The van der Waals surface area contributed by atoms with E-state index in [2.05, 4.69) is 0 Å². The molecule has 0 spiro atoms. The van der Waals surface area contributed by atoms with Crippen LogP contribution in [0, 0.1) is 63.7 Å². The molecule has 2 saturated carbocycles. The van der Waals surface area contributed by atoms with Crippen LogP contribution in [0.15, 0.2) is 9.59 Å². The Kier molecular flexibility index (Phi) is 7.69. The fourth-order valence-corrected chi connectivity index (χ4v) is 1.84. The third-order valence-electron chi connectivity index (χ3n) is 2.73. The van der Waals surface area contributed by atoms with Gasteiger partial charge in [-0.1, -0.05) is 0 Å². The second kappa shape index (κ2) is 8.75. The molecule has 0 amide bonds. The molecule has 0 N–H and O–H groups in total. The van der Waals surface area contributed by atoms with Gasteiger partial charge in [0.2, 0.25) is 5.43 Å². The van der Waals surface area contributed by atoms with Crippen LogP contribution in [0.5, 0.6) is 5.75 Å². The Balaban J connectivity index is 0.000000313. The molecule has 0 heterocycles. The van der Waals surface area contributed by atoms with Crippen molar-refractivity contribution in [1.29, 1.82) is 0 Å². The van der Waals surface area contributed by atoms with Crippen LogP contribution in [-0.2, 0) is 17.1 Å². The van der Waals surface area contributed by atoms with Crippen molar-refractivity contribution in [2.45, 2.75) is 20.0 Å². The van der Waals surface area contributed by atoms with E-state index in [0.29, 0.717) is 5.56 Å². The van der Waals surface area contributed by atoms with Crippen LogP contribution in [0.3, 0.4) is 0 Å². The summed E-state index contributed by atoms with van der Waals surface area (Å²) >= 11 is 0. The first-order valence-electron chi connectivity index (χ1n) is 6.50. The molecule has 1 aromatic carbocycles. The summed E-state index contributed by atoms with van der Waals surface area (Å²) in [5.41, 5.74) is -0.546. The van der Waals surface area contributed by atoms with E-state index in [1.165, 1.54) is 0 Å². The van der Waals surface area contributed by atoms with Gasteiger partial charge in [-0.3, -0.25) is 9.59 Å². The second-order valence-corrected chi connectivity index (χ2v) is 4.66. The van der Waals surface area contributed by atoms with Crippen molar-refractivity contribution in [3.8, 4) is 5.75 Å². The molecule has 4 heteroatoms. The average molecular weight is 324 g/mol. The Bertz CT molecular complexity index is 483. The van der Waals surface area contributed by atoms with Gasteiger partial charge < -0.3 is 4.74 Å². The largest absolute Gasteiger partial charge is 2.00 e. The molecule has 0 aromatic heterocycles. The summed E-state index contributed by atoms with van der Waals surface area (Å²) < 4.78 is 5.31. The van der Waals surface area contributed by atoms with E-state index >= 15 is 0 Å². The average Bonchev–Trinajstić information content (AvgIpc) is 3.13. The SMILES string of the molecule is CC(C)Oc1c([C]2[CH][CH][CH][CH]2)c(=O)c1=O.[CH]1[CH][CH][CH][CH]1.[Fe+2]. The van der Waals surface area contributed by atoms with Gasteiger partial charge in [0.15, 0.2) is 5.75 Å². The molecule has 0 atom stereocenters. The minimum atomic E-state index is -0.514. The number of hydrogen-bond acceptors (Lipinski definition) is 3. The van der Waals surface area contributed by atoms with E-state index < -0.39 is 10.9 Å². The molecule has 108 valence electrons. The molecular weight excluding hydrogens is 308 g/mol.